The second kappa shape index (κ2) is 6.34. The van der Waals surface area contributed by atoms with E-state index in [1.165, 1.54) is 18.3 Å². The van der Waals surface area contributed by atoms with Crippen LogP contribution in [0.2, 0.25) is 0 Å². The first-order valence-corrected chi connectivity index (χ1v) is 2.90. The van der Waals surface area contributed by atoms with E-state index in [1.54, 1.807) is 0 Å². The van der Waals surface area contributed by atoms with Crippen LogP contribution in [-0.2, 0) is 0 Å². The second-order valence-electron chi connectivity index (χ2n) is 1.97. The Bertz CT molecular complexity index is 223. The zero-order valence-corrected chi connectivity index (χ0v) is 11.1. The Morgan fingerprint density at radius 2 is 1.92 bits per heavy atom. The summed E-state index contributed by atoms with van der Waals surface area (Å²) in [6, 6.07) is 2.80. The summed E-state index contributed by atoms with van der Waals surface area (Å²) in [5.41, 5.74) is 0.0694. The van der Waals surface area contributed by atoms with E-state index in [2.05, 4.69) is 4.98 Å². The van der Waals surface area contributed by atoms with Crippen molar-refractivity contribution in [3.05, 3.63) is 43.9 Å². The zero-order chi connectivity index (χ0) is 8.32. The van der Waals surface area contributed by atoms with Gasteiger partial charge in [-0.05, 0) is 6.20 Å². The van der Waals surface area contributed by atoms with Crippen LogP contribution in [0.15, 0.2) is 24.5 Å². The summed E-state index contributed by atoms with van der Waals surface area (Å²) in [4.78, 5) is 3.54. The summed E-state index contributed by atoms with van der Waals surface area (Å²) in [6.45, 7) is 0. The van der Waals surface area contributed by atoms with Crippen LogP contribution in [0.1, 0.15) is 5.56 Å². The number of nitrogens with zero attached hydrogens (tertiary/aromatic N) is 1. The van der Waals surface area contributed by atoms with Crippen molar-refractivity contribution in [2.45, 2.75) is 6.18 Å². The molecule has 70 valence electrons. The molecule has 0 aromatic carbocycles. The molecule has 0 aliphatic carbocycles. The van der Waals surface area contributed by atoms with Gasteiger partial charge in [-0.2, -0.15) is 24.8 Å². The van der Waals surface area contributed by atoms with E-state index < -0.39 is 6.18 Å². The fourth-order valence-electron chi connectivity index (χ4n) is 0.650. The monoisotopic (exact) mass is 413 g/mol. The van der Waals surface area contributed by atoms with Gasteiger partial charge in [0, 0.05) is 0 Å². The third kappa shape index (κ3) is 6.97. The zero-order valence-electron chi connectivity index (χ0n) is 6.97. The molecule has 13 heavy (non-hydrogen) atoms. The first kappa shape index (κ1) is 15.3. The molecule has 1 heterocycles. The molecule has 0 aliphatic heterocycles. The number of pyridine rings is 1. The number of hydrogen-bond donors (Lipinski definition) is 0. The van der Waals surface area contributed by atoms with Gasteiger partial charge in [0.25, 0.3) is 0 Å². The van der Waals surface area contributed by atoms with Crippen LogP contribution in [0.5, 0.6) is 0 Å². The van der Waals surface area contributed by atoms with Crippen LogP contribution in [0.3, 0.4) is 0 Å². The molecule has 5 heteroatoms. The Balaban J connectivity index is 0. The number of alkyl halides is 3. The molecule has 0 aliphatic rings. The molecular weight excluding hydrogens is 405 g/mol. The van der Waals surface area contributed by atoms with Crippen molar-refractivity contribution in [1.82, 2.24) is 4.98 Å². The molecule has 0 fully saturated rings. The summed E-state index contributed by atoms with van der Waals surface area (Å²) in [6.07, 6.45) is -1.47. The molecule has 0 saturated carbocycles. The molecule has 1 nitrogen and oxygen atoms in total. The van der Waals surface area contributed by atoms with E-state index in [9.17, 15) is 13.2 Å². The van der Waals surface area contributed by atoms with Gasteiger partial charge in [-0.1, -0.05) is 12.6 Å². The third-order valence-corrected chi connectivity index (χ3v) is 1.01. The van der Waals surface area contributed by atoms with Gasteiger partial charge >= 0.3 is 37.3 Å². The van der Waals surface area contributed by atoms with Gasteiger partial charge in [-0.25, -0.2) is 0 Å². The maximum Gasteiger partial charge on any atom is 2.00 e. The van der Waals surface area contributed by atoms with Crippen molar-refractivity contribution < 1.29 is 44.3 Å². The van der Waals surface area contributed by atoms with Gasteiger partial charge < -0.3 is 12.4 Å². The van der Waals surface area contributed by atoms with Gasteiger partial charge in [0.2, 0.25) is 0 Å². The van der Waals surface area contributed by atoms with Gasteiger partial charge in [-0.15, -0.1) is 6.07 Å². The van der Waals surface area contributed by atoms with Crippen molar-refractivity contribution in [1.29, 1.82) is 0 Å². The van der Waals surface area contributed by atoms with Gasteiger partial charge in [0.05, 0.1) is 0 Å². The fourth-order valence-corrected chi connectivity index (χ4v) is 0.650. The Labute approximate surface area is 99.1 Å². The van der Waals surface area contributed by atoms with Gasteiger partial charge in [0.1, 0.15) is 0 Å². The minimum atomic E-state index is -4.26. The molecule has 0 N–H and O–H groups in total. The molecule has 1 aromatic heterocycles. The maximum atomic E-state index is 11.7. The van der Waals surface area contributed by atoms with E-state index in [0.29, 0.717) is 0 Å². The normalized spacial score (nSPS) is 9.46. The summed E-state index contributed by atoms with van der Waals surface area (Å²) in [7, 11) is 0. The molecule has 0 bridgehead atoms. The molecule has 1 rings (SSSR count). The van der Waals surface area contributed by atoms with Crippen LogP contribution in [0.4, 0.5) is 13.2 Å². The predicted molar refractivity (Wildman–Crippen MR) is 40.1 cm³/mol. The number of rotatable bonds is 1. The van der Waals surface area contributed by atoms with E-state index >= 15 is 0 Å². The summed E-state index contributed by atoms with van der Waals surface area (Å²) in [5.74, 6) is 0. The Hall–Kier alpha value is -0.138. The van der Waals surface area contributed by atoms with Crippen molar-refractivity contribution in [2.24, 2.45) is 0 Å². The topological polar surface area (TPSA) is 12.9 Å². The van der Waals surface area contributed by atoms with Crippen LogP contribution >= 0.6 is 0 Å². The van der Waals surface area contributed by atoms with E-state index in [4.69, 9.17) is 0 Å². The fraction of sp³-hybridized carbons (Fsp3) is 0.125. The van der Waals surface area contributed by atoms with Crippen LogP contribution in [-0.4, -0.2) is 11.2 Å². The third-order valence-electron chi connectivity index (χ3n) is 1.01. The molecule has 0 radical (unpaired) electrons. The van der Waals surface area contributed by atoms with E-state index in [0.717, 1.165) is 6.20 Å². The average molecular weight is 413 g/mol. The van der Waals surface area contributed by atoms with E-state index in [1.807, 2.05) is 0 Å². The predicted octanol–water partition coefficient (Wildman–Crippen LogP) is 2.65. The maximum absolute atomic E-state index is 11.7. The Morgan fingerprint density at radius 3 is 2.31 bits per heavy atom. The smallest absolute Gasteiger partial charge is 0.358 e. The molecule has 1 aromatic rings. The first-order chi connectivity index (χ1) is 5.08. The summed E-state index contributed by atoms with van der Waals surface area (Å²) >= 11 is 0. The number of aromatic nitrogens is 1. The van der Waals surface area contributed by atoms with Crippen molar-refractivity contribution in [3.63, 3.8) is 0 Å². The Kier molecular flexibility index (Phi) is 7.48. The van der Waals surface area contributed by atoms with Crippen LogP contribution in [0, 0.1) is 45.0 Å². The molecular formula is C8H8F3NU. The van der Waals surface area contributed by atoms with Gasteiger partial charge in [0.15, 0.2) is 0 Å². The molecule has 0 unspecified atom stereocenters. The second-order valence-corrected chi connectivity index (χ2v) is 1.97. The van der Waals surface area contributed by atoms with Crippen LogP contribution < -0.4 is 0 Å². The van der Waals surface area contributed by atoms with Crippen molar-refractivity contribution >= 4 is 0 Å². The average Bonchev–Trinajstić information content (AvgIpc) is 1.85. The molecule has 0 atom stereocenters. The molecule has 0 saturated heterocycles. The van der Waals surface area contributed by atoms with Crippen molar-refractivity contribution in [3.8, 4) is 0 Å². The van der Waals surface area contributed by atoms with Gasteiger partial charge in [-0.3, -0.25) is 0 Å². The summed E-state index contributed by atoms with van der Waals surface area (Å²) in [5, 5.41) is 0. The standard InChI is InChI=1S/C7H5F3N.CH3.U/c8-7(9,10)4-6-2-1-3-11-5-6;;/h1-5H;1H3;/q2*-1;+2. The number of hydrogen-bond acceptors (Lipinski definition) is 1. The first-order valence-electron chi connectivity index (χ1n) is 2.90. The Morgan fingerprint density at radius 1 is 1.31 bits per heavy atom. The van der Waals surface area contributed by atoms with E-state index in [-0.39, 0.29) is 50.5 Å². The SMILES string of the molecule is FC(F)(F)[CH-]c1cccnc1.[CH3-].[U+2]. The van der Waals surface area contributed by atoms with Crippen LogP contribution in [0.25, 0.3) is 0 Å². The number of halogens is 3. The molecule has 0 spiro atoms. The molecule has 0 amide bonds. The largest absolute Gasteiger partial charge is 2.00 e. The minimum absolute atomic E-state index is 0. The minimum Gasteiger partial charge on any atom is -0.358 e. The van der Waals surface area contributed by atoms with Crippen molar-refractivity contribution in [2.75, 3.05) is 0 Å². The summed E-state index contributed by atoms with van der Waals surface area (Å²) < 4.78 is 35.0. The quantitative estimate of drug-likeness (QED) is 0.646.